The van der Waals surface area contributed by atoms with Gasteiger partial charge in [-0.05, 0) is 104 Å². The van der Waals surface area contributed by atoms with Gasteiger partial charge in [0, 0.05) is 22.2 Å². The van der Waals surface area contributed by atoms with Gasteiger partial charge in [0.2, 0.25) is 0 Å². The summed E-state index contributed by atoms with van der Waals surface area (Å²) in [5, 5.41) is 1.08. The minimum atomic E-state index is 0.684. The number of hydrogen-bond acceptors (Lipinski definition) is 2. The van der Waals surface area contributed by atoms with Crippen LogP contribution in [0.2, 0.25) is 0 Å². The van der Waals surface area contributed by atoms with Crippen molar-refractivity contribution in [2.24, 2.45) is 0 Å². The lowest BCUT2D eigenvalue weighted by atomic mass is 9.95. The summed E-state index contributed by atoms with van der Waals surface area (Å²) in [7, 11) is 0. The Balaban J connectivity index is 1.06. The minimum Gasteiger partial charge on any atom is -0.306 e. The topological polar surface area (TPSA) is 30.7 Å². The summed E-state index contributed by atoms with van der Waals surface area (Å²) >= 11 is 0. The van der Waals surface area contributed by atoms with Gasteiger partial charge in [-0.25, -0.2) is 9.97 Å². The summed E-state index contributed by atoms with van der Waals surface area (Å²) in [5.74, 6) is 0.684. The molecule has 0 radical (unpaired) electrons. The van der Waals surface area contributed by atoms with Gasteiger partial charge in [0.15, 0.2) is 5.82 Å². The largest absolute Gasteiger partial charge is 0.306 e. The van der Waals surface area contributed by atoms with Crippen molar-refractivity contribution in [1.29, 1.82) is 0 Å². The molecular weight excluding hydrogens is 739 g/mol. The van der Waals surface area contributed by atoms with Crippen LogP contribution in [0.15, 0.2) is 237 Å². The van der Waals surface area contributed by atoms with Crippen molar-refractivity contribution in [3.8, 4) is 84.0 Å². The van der Waals surface area contributed by atoms with E-state index in [0.717, 1.165) is 66.7 Å². The summed E-state index contributed by atoms with van der Waals surface area (Å²) in [5.41, 5.74) is 18.6. The highest BCUT2D eigenvalue weighted by Gasteiger charge is 2.21. The van der Waals surface area contributed by atoms with Crippen LogP contribution < -0.4 is 0 Å². The van der Waals surface area contributed by atoms with Crippen LogP contribution in [-0.2, 0) is 0 Å². The third-order valence-corrected chi connectivity index (χ3v) is 11.6. The van der Waals surface area contributed by atoms with Crippen molar-refractivity contribution in [3.63, 3.8) is 0 Å². The van der Waals surface area contributed by atoms with Crippen LogP contribution in [0, 0.1) is 0 Å². The van der Waals surface area contributed by atoms with Gasteiger partial charge < -0.3 is 4.57 Å². The fourth-order valence-electron chi connectivity index (χ4n) is 8.60. The normalized spacial score (nSPS) is 11.3. The molecule has 11 rings (SSSR count). The van der Waals surface area contributed by atoms with Gasteiger partial charge in [0.05, 0.1) is 16.7 Å². The third kappa shape index (κ3) is 6.88. The van der Waals surface area contributed by atoms with Crippen LogP contribution in [0.25, 0.3) is 106 Å². The van der Waals surface area contributed by atoms with Crippen LogP contribution in [0.1, 0.15) is 0 Å². The van der Waals surface area contributed by atoms with E-state index in [1.165, 1.54) is 33.4 Å². The van der Waals surface area contributed by atoms with Gasteiger partial charge in [-0.1, -0.05) is 188 Å². The summed E-state index contributed by atoms with van der Waals surface area (Å²) in [4.78, 5) is 11.0. The molecule has 0 bridgehead atoms. The summed E-state index contributed by atoms with van der Waals surface area (Å²) in [6.45, 7) is 0. The van der Waals surface area contributed by atoms with E-state index in [-0.39, 0.29) is 0 Å². The number of para-hydroxylation sites is 2. The molecular formula is C58H39N3. The van der Waals surface area contributed by atoms with Crippen molar-refractivity contribution in [2.75, 3.05) is 0 Å². The van der Waals surface area contributed by atoms with Crippen LogP contribution in [0.3, 0.4) is 0 Å². The van der Waals surface area contributed by atoms with Crippen molar-refractivity contribution in [3.05, 3.63) is 237 Å². The quantitative estimate of drug-likeness (QED) is 0.154. The predicted octanol–water partition coefficient (Wildman–Crippen LogP) is 15.2. The van der Waals surface area contributed by atoms with Gasteiger partial charge >= 0.3 is 0 Å². The number of rotatable bonds is 8. The molecule has 0 N–H and O–H groups in total. The van der Waals surface area contributed by atoms with Crippen LogP contribution in [0.5, 0.6) is 0 Å². The summed E-state index contributed by atoms with van der Waals surface area (Å²) < 4.78 is 2.32. The van der Waals surface area contributed by atoms with E-state index in [9.17, 15) is 0 Å². The number of benzene rings is 9. The highest BCUT2D eigenvalue weighted by molar-refractivity contribution is 6.11. The molecule has 0 aliphatic carbocycles. The molecule has 2 heterocycles. The van der Waals surface area contributed by atoms with Gasteiger partial charge in [0.25, 0.3) is 0 Å². The maximum atomic E-state index is 5.53. The van der Waals surface area contributed by atoms with E-state index in [0.29, 0.717) is 5.82 Å². The van der Waals surface area contributed by atoms with Crippen LogP contribution >= 0.6 is 0 Å². The van der Waals surface area contributed by atoms with Crippen LogP contribution in [0.4, 0.5) is 0 Å². The maximum absolute atomic E-state index is 5.53. The van der Waals surface area contributed by atoms with E-state index in [4.69, 9.17) is 9.97 Å². The molecule has 0 saturated heterocycles. The molecule has 9 aromatic carbocycles. The van der Waals surface area contributed by atoms with E-state index in [1.54, 1.807) is 0 Å². The first-order chi connectivity index (χ1) is 30.2. The number of hydrogen-bond donors (Lipinski definition) is 0. The molecule has 0 saturated carbocycles. The molecule has 0 aliphatic heterocycles. The van der Waals surface area contributed by atoms with Crippen LogP contribution in [-0.4, -0.2) is 14.5 Å². The molecule has 0 fully saturated rings. The maximum Gasteiger partial charge on any atom is 0.160 e. The number of fused-ring (bicyclic) bond motifs is 3. The summed E-state index contributed by atoms with van der Waals surface area (Å²) in [6, 6.07) is 84.0. The smallest absolute Gasteiger partial charge is 0.160 e. The first-order valence-electron chi connectivity index (χ1n) is 20.7. The van der Waals surface area contributed by atoms with Crippen molar-refractivity contribution in [2.45, 2.75) is 0 Å². The lowest BCUT2D eigenvalue weighted by Gasteiger charge is -2.14. The fraction of sp³-hybridized carbons (Fsp3) is 0. The zero-order valence-electron chi connectivity index (χ0n) is 33.4. The third-order valence-electron chi connectivity index (χ3n) is 11.6. The Morgan fingerprint density at radius 2 is 0.639 bits per heavy atom. The van der Waals surface area contributed by atoms with Crippen molar-refractivity contribution < 1.29 is 0 Å². The second-order valence-electron chi connectivity index (χ2n) is 15.4. The lowest BCUT2D eigenvalue weighted by Crippen LogP contribution is -2.00. The molecule has 0 amide bonds. The molecule has 0 atom stereocenters. The Morgan fingerprint density at radius 1 is 0.279 bits per heavy atom. The average Bonchev–Trinajstić information content (AvgIpc) is 3.69. The van der Waals surface area contributed by atoms with E-state index >= 15 is 0 Å². The molecule has 0 unspecified atom stereocenters. The number of aromatic nitrogens is 3. The zero-order chi connectivity index (χ0) is 40.5. The molecule has 0 spiro atoms. The van der Waals surface area contributed by atoms with Crippen molar-refractivity contribution >= 4 is 21.9 Å². The first kappa shape index (κ1) is 36.0. The zero-order valence-corrected chi connectivity index (χ0v) is 33.4. The number of nitrogens with zero attached hydrogens (tertiary/aromatic N) is 3. The van der Waals surface area contributed by atoms with Gasteiger partial charge in [-0.3, -0.25) is 0 Å². The standard InChI is InChI=1S/C58H39N3/c1-4-17-40(18-5-1)42-21-12-23-44(35-42)46-25-14-26-47(37-46)49-28-16-30-51(39-49)58-59-55(57-56(60-58)53-33-10-11-34-54(53)61(57)52-31-8-3-9-32-52)50-29-15-27-48(38-50)45-24-13-22-43(36-45)41-19-6-2-7-20-41/h1-39H. The summed E-state index contributed by atoms with van der Waals surface area (Å²) in [6.07, 6.45) is 0. The second-order valence-corrected chi connectivity index (χ2v) is 15.4. The predicted molar refractivity (Wildman–Crippen MR) is 254 cm³/mol. The molecule has 0 aliphatic rings. The Hall–Kier alpha value is -8.14. The Labute approximate surface area is 355 Å². The van der Waals surface area contributed by atoms with Gasteiger partial charge in [-0.15, -0.1) is 0 Å². The monoisotopic (exact) mass is 777 g/mol. The lowest BCUT2D eigenvalue weighted by molar-refractivity contribution is 1.15. The molecule has 61 heavy (non-hydrogen) atoms. The van der Waals surface area contributed by atoms with E-state index in [2.05, 4.69) is 241 Å². The fourth-order valence-corrected chi connectivity index (χ4v) is 8.60. The minimum absolute atomic E-state index is 0.684. The van der Waals surface area contributed by atoms with Crippen molar-refractivity contribution in [1.82, 2.24) is 14.5 Å². The van der Waals surface area contributed by atoms with Gasteiger partial charge in [-0.2, -0.15) is 0 Å². The van der Waals surface area contributed by atoms with E-state index < -0.39 is 0 Å². The van der Waals surface area contributed by atoms with E-state index in [1.807, 2.05) is 0 Å². The Kier molecular flexibility index (Phi) is 9.18. The molecule has 11 aromatic rings. The SMILES string of the molecule is c1ccc(-c2cccc(-c3cccc(-c4cccc(-c5nc(-c6cccc(-c7cccc(-c8ccccc8)c7)c6)c6c(n5)c5ccccc5n6-c5ccccc5)c4)c3)c2)cc1. The van der Waals surface area contributed by atoms with Gasteiger partial charge in [0.1, 0.15) is 5.52 Å². The highest BCUT2D eigenvalue weighted by atomic mass is 15.0. The second kappa shape index (κ2) is 15.6. The highest BCUT2D eigenvalue weighted by Crippen LogP contribution is 2.40. The average molecular weight is 778 g/mol. The molecule has 2 aromatic heterocycles. The Morgan fingerprint density at radius 3 is 1.15 bits per heavy atom. The molecule has 3 nitrogen and oxygen atoms in total. The first-order valence-corrected chi connectivity index (χ1v) is 20.7. The molecule has 286 valence electrons. The Bertz CT molecular complexity index is 3350. The molecule has 3 heteroatoms.